The van der Waals surface area contributed by atoms with E-state index in [0.717, 1.165) is 38.5 Å². The van der Waals surface area contributed by atoms with E-state index in [9.17, 15) is 8.42 Å². The monoisotopic (exact) mass is 290 g/mol. The molecule has 0 unspecified atom stereocenters. The molecule has 0 amide bonds. The van der Waals surface area contributed by atoms with Crippen LogP contribution >= 0.6 is 0 Å². The Morgan fingerprint density at radius 1 is 1.21 bits per heavy atom. The Hall–Kier alpha value is -0.130. The molecule has 4 nitrogen and oxygen atoms in total. The summed E-state index contributed by atoms with van der Waals surface area (Å²) >= 11 is 0. The summed E-state index contributed by atoms with van der Waals surface area (Å²) in [5.74, 6) is 0.712. The lowest BCUT2D eigenvalue weighted by molar-refractivity contribution is 0.251. The Bertz CT molecular complexity index is 335. The van der Waals surface area contributed by atoms with E-state index in [1.165, 1.54) is 6.42 Å². The molecule has 0 aliphatic heterocycles. The molecule has 2 N–H and O–H groups in total. The van der Waals surface area contributed by atoms with Crippen molar-refractivity contribution in [2.24, 2.45) is 11.7 Å². The Kier molecular flexibility index (Phi) is 7.32. The van der Waals surface area contributed by atoms with E-state index in [1.807, 2.05) is 0 Å². The maximum atomic E-state index is 12.5. The highest BCUT2D eigenvalue weighted by Crippen LogP contribution is 2.25. The molecule has 19 heavy (non-hydrogen) atoms. The van der Waals surface area contributed by atoms with Crippen LogP contribution in [0, 0.1) is 5.92 Å². The van der Waals surface area contributed by atoms with Crippen LogP contribution in [0.4, 0.5) is 0 Å². The van der Waals surface area contributed by atoms with Crippen LogP contribution < -0.4 is 5.73 Å². The zero-order valence-corrected chi connectivity index (χ0v) is 13.3. The number of nitrogens with zero attached hydrogens (tertiary/aromatic N) is 1. The molecule has 0 heterocycles. The predicted molar refractivity (Wildman–Crippen MR) is 80.5 cm³/mol. The van der Waals surface area contributed by atoms with Gasteiger partial charge >= 0.3 is 0 Å². The van der Waals surface area contributed by atoms with E-state index >= 15 is 0 Å². The van der Waals surface area contributed by atoms with Crippen molar-refractivity contribution in [1.82, 2.24) is 4.31 Å². The lowest BCUT2D eigenvalue weighted by Crippen LogP contribution is -2.43. The van der Waals surface area contributed by atoms with E-state index < -0.39 is 10.0 Å². The third-order valence-electron chi connectivity index (χ3n) is 3.88. The standard InChI is InChI=1S/C14H30N2O2S/c1-13(2)9-12-19(17,18)16(11-6-10-15)14-7-4-3-5-8-14/h13-14H,3-12,15H2,1-2H3. The number of hydrogen-bond donors (Lipinski definition) is 1. The summed E-state index contributed by atoms with van der Waals surface area (Å²) in [4.78, 5) is 0. The molecule has 0 aromatic rings. The zero-order chi connectivity index (χ0) is 14.3. The molecule has 5 heteroatoms. The fourth-order valence-corrected chi connectivity index (χ4v) is 4.74. The van der Waals surface area contributed by atoms with Crippen molar-refractivity contribution in [1.29, 1.82) is 0 Å². The number of rotatable bonds is 8. The van der Waals surface area contributed by atoms with Gasteiger partial charge in [-0.1, -0.05) is 33.1 Å². The molecule has 0 radical (unpaired) electrons. The van der Waals surface area contributed by atoms with Crippen LogP contribution in [0.2, 0.25) is 0 Å². The van der Waals surface area contributed by atoms with Gasteiger partial charge in [0.15, 0.2) is 0 Å². The number of nitrogens with two attached hydrogens (primary N) is 1. The van der Waals surface area contributed by atoms with Crippen molar-refractivity contribution < 1.29 is 8.42 Å². The minimum Gasteiger partial charge on any atom is -0.330 e. The van der Waals surface area contributed by atoms with Gasteiger partial charge in [0.2, 0.25) is 10.0 Å². The minimum atomic E-state index is -3.11. The molecule has 1 saturated carbocycles. The lowest BCUT2D eigenvalue weighted by Gasteiger charge is -2.33. The lowest BCUT2D eigenvalue weighted by atomic mass is 9.95. The van der Waals surface area contributed by atoms with Crippen molar-refractivity contribution in [3.63, 3.8) is 0 Å². The molecule has 0 atom stereocenters. The summed E-state index contributed by atoms with van der Waals surface area (Å²) in [7, 11) is -3.11. The number of hydrogen-bond acceptors (Lipinski definition) is 3. The van der Waals surface area contributed by atoms with Crippen LogP contribution in [0.15, 0.2) is 0 Å². The summed E-state index contributed by atoms with van der Waals surface area (Å²) < 4.78 is 26.8. The number of sulfonamides is 1. The SMILES string of the molecule is CC(C)CCS(=O)(=O)N(CCCN)C1CCCCC1. The Morgan fingerprint density at radius 2 is 1.84 bits per heavy atom. The molecule has 0 aromatic carbocycles. The van der Waals surface area contributed by atoms with Gasteiger partial charge in [-0.25, -0.2) is 8.42 Å². The molecule has 1 aliphatic rings. The molecular weight excluding hydrogens is 260 g/mol. The van der Waals surface area contributed by atoms with E-state index in [1.54, 1.807) is 4.31 Å². The Balaban J connectivity index is 2.70. The molecule has 1 aliphatic carbocycles. The van der Waals surface area contributed by atoms with Gasteiger partial charge in [-0.3, -0.25) is 0 Å². The second kappa shape index (κ2) is 8.22. The van der Waals surface area contributed by atoms with Gasteiger partial charge in [0, 0.05) is 12.6 Å². The van der Waals surface area contributed by atoms with E-state index in [4.69, 9.17) is 5.73 Å². The molecule has 114 valence electrons. The zero-order valence-electron chi connectivity index (χ0n) is 12.5. The molecule has 1 fully saturated rings. The van der Waals surface area contributed by atoms with Crippen LogP contribution in [-0.4, -0.2) is 37.6 Å². The van der Waals surface area contributed by atoms with Gasteiger partial charge < -0.3 is 5.73 Å². The summed E-state index contributed by atoms with van der Waals surface area (Å²) in [5.41, 5.74) is 5.55. The normalized spacial score (nSPS) is 18.4. The quantitative estimate of drug-likeness (QED) is 0.746. The second-order valence-corrected chi connectivity index (χ2v) is 8.08. The fraction of sp³-hybridized carbons (Fsp3) is 1.00. The van der Waals surface area contributed by atoms with Crippen molar-refractivity contribution in [2.75, 3.05) is 18.8 Å². The summed E-state index contributed by atoms with van der Waals surface area (Å²) in [6.07, 6.45) is 7.10. The first kappa shape index (κ1) is 16.9. The Labute approximate surface area is 118 Å². The molecule has 0 bridgehead atoms. The summed E-state index contributed by atoms with van der Waals surface area (Å²) in [6.45, 7) is 5.30. The summed E-state index contributed by atoms with van der Waals surface area (Å²) in [5, 5.41) is 0. The predicted octanol–water partition coefficient (Wildman–Crippen LogP) is 2.35. The molecule has 0 saturated heterocycles. The maximum Gasteiger partial charge on any atom is 0.214 e. The summed E-state index contributed by atoms with van der Waals surface area (Å²) in [6, 6.07) is 0.220. The van der Waals surface area contributed by atoms with E-state index in [0.29, 0.717) is 19.0 Å². The average molecular weight is 290 g/mol. The van der Waals surface area contributed by atoms with Crippen LogP contribution in [-0.2, 0) is 10.0 Å². The smallest absolute Gasteiger partial charge is 0.214 e. The van der Waals surface area contributed by atoms with Gasteiger partial charge in [0.25, 0.3) is 0 Å². The van der Waals surface area contributed by atoms with Gasteiger partial charge in [-0.15, -0.1) is 0 Å². The first-order valence-corrected chi connectivity index (χ1v) is 9.28. The second-order valence-electron chi connectivity index (χ2n) is 6.04. The van der Waals surface area contributed by atoms with E-state index in [-0.39, 0.29) is 11.8 Å². The average Bonchev–Trinajstić information content (AvgIpc) is 2.38. The molecule has 1 rings (SSSR count). The van der Waals surface area contributed by atoms with Crippen LogP contribution in [0.3, 0.4) is 0 Å². The molecule has 0 spiro atoms. The van der Waals surface area contributed by atoms with Crippen molar-refractivity contribution >= 4 is 10.0 Å². The van der Waals surface area contributed by atoms with Crippen molar-refractivity contribution in [3.8, 4) is 0 Å². The van der Waals surface area contributed by atoms with Crippen LogP contribution in [0.1, 0.15) is 58.8 Å². The first-order valence-electron chi connectivity index (χ1n) is 7.67. The first-order chi connectivity index (χ1) is 8.97. The van der Waals surface area contributed by atoms with Crippen molar-refractivity contribution in [3.05, 3.63) is 0 Å². The maximum absolute atomic E-state index is 12.5. The highest BCUT2D eigenvalue weighted by atomic mass is 32.2. The molecule has 0 aromatic heterocycles. The van der Waals surface area contributed by atoms with Gasteiger partial charge in [0.05, 0.1) is 5.75 Å². The van der Waals surface area contributed by atoms with Gasteiger partial charge in [0.1, 0.15) is 0 Å². The largest absolute Gasteiger partial charge is 0.330 e. The van der Waals surface area contributed by atoms with Crippen LogP contribution in [0.25, 0.3) is 0 Å². The van der Waals surface area contributed by atoms with Gasteiger partial charge in [-0.2, -0.15) is 4.31 Å². The third-order valence-corrected chi connectivity index (χ3v) is 5.82. The third kappa shape index (κ3) is 5.79. The minimum absolute atomic E-state index is 0.220. The highest BCUT2D eigenvalue weighted by Gasteiger charge is 2.30. The fourth-order valence-electron chi connectivity index (χ4n) is 2.67. The molecular formula is C14H30N2O2S. The highest BCUT2D eigenvalue weighted by molar-refractivity contribution is 7.89. The van der Waals surface area contributed by atoms with E-state index in [2.05, 4.69) is 13.8 Å². The Morgan fingerprint density at radius 3 is 2.37 bits per heavy atom. The topological polar surface area (TPSA) is 63.4 Å². The van der Waals surface area contributed by atoms with Crippen molar-refractivity contribution in [2.45, 2.75) is 64.8 Å². The van der Waals surface area contributed by atoms with Crippen LogP contribution in [0.5, 0.6) is 0 Å². The van der Waals surface area contributed by atoms with Gasteiger partial charge in [-0.05, 0) is 38.1 Å².